The van der Waals surface area contributed by atoms with Crippen molar-refractivity contribution in [3.63, 3.8) is 0 Å². The third-order valence-corrected chi connectivity index (χ3v) is 3.52. The molecule has 0 spiro atoms. The second kappa shape index (κ2) is 5.07. The molecular formula is C14H19NO2. The Morgan fingerprint density at radius 1 is 1.29 bits per heavy atom. The standard InChI is InChI=1S/C14H19NO2/c1-2-11-4-5-14(8-12(11)3-1)17-10-13-9-16-7-6-15-13/h4-5,8,13,15H,1-3,6-7,9-10H2. The third kappa shape index (κ3) is 2.61. The molecule has 1 atom stereocenters. The lowest BCUT2D eigenvalue weighted by atomic mass is 10.1. The van der Waals surface area contributed by atoms with E-state index in [2.05, 4.69) is 23.5 Å². The van der Waals surface area contributed by atoms with Gasteiger partial charge in [-0.15, -0.1) is 0 Å². The van der Waals surface area contributed by atoms with Gasteiger partial charge < -0.3 is 14.8 Å². The maximum Gasteiger partial charge on any atom is 0.119 e. The molecule has 1 aliphatic carbocycles. The fourth-order valence-corrected chi connectivity index (χ4v) is 2.56. The molecule has 3 rings (SSSR count). The van der Waals surface area contributed by atoms with Crippen LogP contribution in [0.25, 0.3) is 0 Å². The van der Waals surface area contributed by atoms with Crippen LogP contribution in [0.1, 0.15) is 17.5 Å². The van der Waals surface area contributed by atoms with E-state index < -0.39 is 0 Å². The highest BCUT2D eigenvalue weighted by Crippen LogP contribution is 2.26. The fourth-order valence-electron chi connectivity index (χ4n) is 2.56. The van der Waals surface area contributed by atoms with Crippen molar-refractivity contribution in [3.8, 4) is 5.75 Å². The molecule has 1 heterocycles. The van der Waals surface area contributed by atoms with Gasteiger partial charge in [-0.2, -0.15) is 0 Å². The van der Waals surface area contributed by atoms with Gasteiger partial charge in [0.05, 0.1) is 19.3 Å². The van der Waals surface area contributed by atoms with Crippen molar-refractivity contribution < 1.29 is 9.47 Å². The van der Waals surface area contributed by atoms with Crippen molar-refractivity contribution in [1.29, 1.82) is 0 Å². The summed E-state index contributed by atoms with van der Waals surface area (Å²) in [7, 11) is 0. The zero-order chi connectivity index (χ0) is 11.5. The number of fused-ring (bicyclic) bond motifs is 1. The number of morpholine rings is 1. The van der Waals surface area contributed by atoms with Crippen LogP contribution in [0.3, 0.4) is 0 Å². The zero-order valence-corrected chi connectivity index (χ0v) is 10.1. The summed E-state index contributed by atoms with van der Waals surface area (Å²) in [5, 5.41) is 3.39. The molecule has 0 amide bonds. The van der Waals surface area contributed by atoms with E-state index in [0.29, 0.717) is 12.6 Å². The topological polar surface area (TPSA) is 30.5 Å². The van der Waals surface area contributed by atoms with Crippen molar-refractivity contribution in [3.05, 3.63) is 29.3 Å². The minimum absolute atomic E-state index is 0.331. The SMILES string of the molecule is c1cc2c(cc1OCC1COCCN1)CCC2. The molecule has 1 N–H and O–H groups in total. The average Bonchev–Trinajstić information content (AvgIpc) is 2.85. The van der Waals surface area contributed by atoms with E-state index in [4.69, 9.17) is 9.47 Å². The van der Waals surface area contributed by atoms with Crippen molar-refractivity contribution in [2.45, 2.75) is 25.3 Å². The van der Waals surface area contributed by atoms with E-state index in [0.717, 1.165) is 25.5 Å². The normalized spacial score (nSPS) is 23.4. The van der Waals surface area contributed by atoms with Crippen LogP contribution in [0.2, 0.25) is 0 Å². The first kappa shape index (κ1) is 11.1. The van der Waals surface area contributed by atoms with E-state index >= 15 is 0 Å². The Morgan fingerprint density at radius 3 is 3.12 bits per heavy atom. The highest BCUT2D eigenvalue weighted by atomic mass is 16.5. The smallest absolute Gasteiger partial charge is 0.119 e. The van der Waals surface area contributed by atoms with Crippen LogP contribution in [0.4, 0.5) is 0 Å². The highest BCUT2D eigenvalue weighted by Gasteiger charge is 2.15. The molecule has 1 fully saturated rings. The lowest BCUT2D eigenvalue weighted by molar-refractivity contribution is 0.0592. The van der Waals surface area contributed by atoms with E-state index in [9.17, 15) is 0 Å². The molecule has 1 aromatic rings. The monoisotopic (exact) mass is 233 g/mol. The highest BCUT2D eigenvalue weighted by molar-refractivity contribution is 5.38. The van der Waals surface area contributed by atoms with E-state index in [1.165, 1.54) is 30.4 Å². The summed E-state index contributed by atoms with van der Waals surface area (Å²) in [5.41, 5.74) is 2.96. The van der Waals surface area contributed by atoms with Gasteiger partial charge in [-0.05, 0) is 42.5 Å². The van der Waals surface area contributed by atoms with Crippen molar-refractivity contribution in [1.82, 2.24) is 5.32 Å². The summed E-state index contributed by atoms with van der Waals surface area (Å²) in [5.74, 6) is 0.998. The first-order valence-electron chi connectivity index (χ1n) is 6.47. The average molecular weight is 233 g/mol. The Hall–Kier alpha value is -1.06. The van der Waals surface area contributed by atoms with E-state index in [-0.39, 0.29) is 0 Å². The minimum Gasteiger partial charge on any atom is -0.492 e. The maximum atomic E-state index is 5.83. The number of nitrogens with one attached hydrogen (secondary N) is 1. The fraction of sp³-hybridized carbons (Fsp3) is 0.571. The van der Waals surface area contributed by atoms with Crippen LogP contribution in [0.15, 0.2) is 18.2 Å². The van der Waals surface area contributed by atoms with Crippen molar-refractivity contribution >= 4 is 0 Å². The molecule has 92 valence electrons. The van der Waals surface area contributed by atoms with Crippen LogP contribution in [-0.4, -0.2) is 32.4 Å². The number of hydrogen-bond donors (Lipinski definition) is 1. The molecule has 2 aliphatic rings. The molecule has 17 heavy (non-hydrogen) atoms. The second-order valence-electron chi connectivity index (χ2n) is 4.82. The summed E-state index contributed by atoms with van der Waals surface area (Å²) in [4.78, 5) is 0. The Labute approximate surface area is 102 Å². The number of rotatable bonds is 3. The lowest BCUT2D eigenvalue weighted by Gasteiger charge is -2.23. The molecule has 0 radical (unpaired) electrons. The summed E-state index contributed by atoms with van der Waals surface area (Å²) < 4.78 is 11.2. The quantitative estimate of drug-likeness (QED) is 0.859. The third-order valence-electron chi connectivity index (χ3n) is 3.52. The van der Waals surface area contributed by atoms with Crippen molar-refractivity contribution in [2.24, 2.45) is 0 Å². The van der Waals surface area contributed by atoms with Crippen LogP contribution < -0.4 is 10.1 Å². The summed E-state index contributed by atoms with van der Waals surface area (Å²) in [6, 6.07) is 6.83. The zero-order valence-electron chi connectivity index (χ0n) is 10.1. The van der Waals surface area contributed by atoms with Crippen LogP contribution in [0, 0.1) is 0 Å². The maximum absolute atomic E-state index is 5.83. The van der Waals surface area contributed by atoms with Crippen LogP contribution in [0.5, 0.6) is 5.75 Å². The molecule has 0 aromatic heterocycles. The van der Waals surface area contributed by atoms with Crippen LogP contribution in [-0.2, 0) is 17.6 Å². The molecular weight excluding hydrogens is 214 g/mol. The Morgan fingerprint density at radius 2 is 2.24 bits per heavy atom. The summed E-state index contributed by atoms with van der Waals surface area (Å²) in [6.45, 7) is 3.19. The van der Waals surface area contributed by atoms with Crippen molar-refractivity contribution in [2.75, 3.05) is 26.4 Å². The number of hydrogen-bond acceptors (Lipinski definition) is 3. The molecule has 1 unspecified atom stereocenters. The van der Waals surface area contributed by atoms with Gasteiger partial charge in [0.2, 0.25) is 0 Å². The predicted octanol–water partition coefficient (Wildman–Crippen LogP) is 1.54. The van der Waals surface area contributed by atoms with E-state index in [1.54, 1.807) is 0 Å². The summed E-state index contributed by atoms with van der Waals surface area (Å²) in [6.07, 6.45) is 3.72. The first-order chi connectivity index (χ1) is 8.42. The molecule has 1 aromatic carbocycles. The molecule has 1 aliphatic heterocycles. The second-order valence-corrected chi connectivity index (χ2v) is 4.82. The Balaban J connectivity index is 1.57. The molecule has 3 heteroatoms. The van der Waals surface area contributed by atoms with Gasteiger partial charge in [0.25, 0.3) is 0 Å². The van der Waals surface area contributed by atoms with Gasteiger partial charge in [-0.3, -0.25) is 0 Å². The molecule has 1 saturated heterocycles. The predicted molar refractivity (Wildman–Crippen MR) is 66.6 cm³/mol. The Kier molecular flexibility index (Phi) is 3.29. The van der Waals surface area contributed by atoms with Gasteiger partial charge in [-0.1, -0.05) is 6.07 Å². The van der Waals surface area contributed by atoms with Gasteiger partial charge in [-0.25, -0.2) is 0 Å². The lowest BCUT2D eigenvalue weighted by Crippen LogP contribution is -2.44. The number of ether oxygens (including phenoxy) is 2. The van der Waals surface area contributed by atoms with Gasteiger partial charge in [0, 0.05) is 6.54 Å². The van der Waals surface area contributed by atoms with Gasteiger partial charge in [0.15, 0.2) is 0 Å². The number of aryl methyl sites for hydroxylation is 2. The van der Waals surface area contributed by atoms with Crippen LogP contribution >= 0.6 is 0 Å². The summed E-state index contributed by atoms with van der Waals surface area (Å²) >= 11 is 0. The van der Waals surface area contributed by atoms with Gasteiger partial charge >= 0.3 is 0 Å². The molecule has 0 saturated carbocycles. The first-order valence-corrected chi connectivity index (χ1v) is 6.47. The van der Waals surface area contributed by atoms with Gasteiger partial charge in [0.1, 0.15) is 12.4 Å². The Bertz CT molecular complexity index is 386. The van der Waals surface area contributed by atoms with E-state index in [1.807, 2.05) is 0 Å². The largest absolute Gasteiger partial charge is 0.492 e. The molecule has 0 bridgehead atoms. The number of benzene rings is 1. The molecule has 3 nitrogen and oxygen atoms in total. The minimum atomic E-state index is 0.331.